The second kappa shape index (κ2) is 8.94. The SMILES string of the molecule is O=C(CCN1CCOCC1)NC(c1ccc(Cl)cc1)c1cccnc1. The predicted octanol–water partition coefficient (Wildman–Crippen LogP) is 2.66. The van der Waals surface area contributed by atoms with Crippen LogP contribution in [0.4, 0.5) is 0 Å². The van der Waals surface area contributed by atoms with E-state index in [-0.39, 0.29) is 11.9 Å². The van der Waals surface area contributed by atoms with Crippen LogP contribution in [0.2, 0.25) is 5.02 Å². The molecule has 3 rings (SSSR count). The third kappa shape index (κ3) is 5.26. The van der Waals surface area contributed by atoms with Gasteiger partial charge in [-0.05, 0) is 29.3 Å². The molecular formula is C19H22ClN3O2. The molecule has 1 fully saturated rings. The summed E-state index contributed by atoms with van der Waals surface area (Å²) in [4.78, 5) is 18.9. The van der Waals surface area contributed by atoms with Gasteiger partial charge in [0.15, 0.2) is 0 Å². The maximum absolute atomic E-state index is 12.5. The average molecular weight is 360 g/mol. The van der Waals surface area contributed by atoms with Crippen molar-refractivity contribution in [1.82, 2.24) is 15.2 Å². The number of ether oxygens (including phenoxy) is 1. The van der Waals surface area contributed by atoms with Crippen LogP contribution in [0, 0.1) is 0 Å². The van der Waals surface area contributed by atoms with Crippen LogP contribution >= 0.6 is 11.6 Å². The number of morpholine rings is 1. The molecule has 1 aliphatic heterocycles. The number of hydrogen-bond acceptors (Lipinski definition) is 4. The summed E-state index contributed by atoms with van der Waals surface area (Å²) in [6.45, 7) is 4.00. The Kier molecular flexibility index (Phi) is 6.39. The Balaban J connectivity index is 1.66. The van der Waals surface area contributed by atoms with E-state index in [0.717, 1.165) is 44.0 Å². The van der Waals surface area contributed by atoms with Crippen LogP contribution in [0.1, 0.15) is 23.6 Å². The molecular weight excluding hydrogens is 338 g/mol. The van der Waals surface area contributed by atoms with E-state index in [2.05, 4.69) is 15.2 Å². The lowest BCUT2D eigenvalue weighted by Crippen LogP contribution is -2.39. The molecule has 0 aliphatic carbocycles. The molecule has 1 atom stereocenters. The largest absolute Gasteiger partial charge is 0.379 e. The molecule has 6 heteroatoms. The molecule has 1 aliphatic rings. The van der Waals surface area contributed by atoms with Crippen molar-refractivity contribution in [2.75, 3.05) is 32.8 Å². The van der Waals surface area contributed by atoms with Gasteiger partial charge in [-0.1, -0.05) is 29.8 Å². The van der Waals surface area contributed by atoms with Crippen molar-refractivity contribution in [3.8, 4) is 0 Å². The Labute approximate surface area is 153 Å². The standard InChI is InChI=1S/C19H22ClN3O2/c20-17-5-3-15(4-6-17)19(16-2-1-8-21-14-16)22-18(24)7-9-23-10-12-25-13-11-23/h1-6,8,14,19H,7,9-13H2,(H,22,24). The monoisotopic (exact) mass is 359 g/mol. The van der Waals surface area contributed by atoms with E-state index in [4.69, 9.17) is 16.3 Å². The maximum Gasteiger partial charge on any atom is 0.222 e. The Morgan fingerprint density at radius 2 is 1.96 bits per heavy atom. The van der Waals surface area contributed by atoms with Gasteiger partial charge >= 0.3 is 0 Å². The van der Waals surface area contributed by atoms with E-state index in [9.17, 15) is 4.79 Å². The highest BCUT2D eigenvalue weighted by atomic mass is 35.5. The minimum atomic E-state index is -0.233. The zero-order valence-corrected chi connectivity index (χ0v) is 14.8. The second-order valence-electron chi connectivity index (χ2n) is 6.04. The number of pyridine rings is 1. The van der Waals surface area contributed by atoms with Crippen molar-refractivity contribution in [3.63, 3.8) is 0 Å². The zero-order chi connectivity index (χ0) is 17.5. The van der Waals surface area contributed by atoms with E-state index in [1.807, 2.05) is 36.4 Å². The zero-order valence-electron chi connectivity index (χ0n) is 14.0. The first kappa shape index (κ1) is 17.9. The molecule has 1 aromatic heterocycles. The van der Waals surface area contributed by atoms with Gasteiger partial charge in [0.25, 0.3) is 0 Å². The summed E-state index contributed by atoms with van der Waals surface area (Å²) in [5, 5.41) is 3.80. The van der Waals surface area contributed by atoms with Crippen molar-refractivity contribution in [2.45, 2.75) is 12.5 Å². The van der Waals surface area contributed by atoms with Crippen LogP contribution in [0.15, 0.2) is 48.8 Å². The number of carbonyl (C=O) groups excluding carboxylic acids is 1. The number of amides is 1. The smallest absolute Gasteiger partial charge is 0.222 e. The third-order valence-corrected chi connectivity index (χ3v) is 4.54. The minimum Gasteiger partial charge on any atom is -0.379 e. The Morgan fingerprint density at radius 3 is 2.64 bits per heavy atom. The number of hydrogen-bond donors (Lipinski definition) is 1. The fraction of sp³-hybridized carbons (Fsp3) is 0.368. The fourth-order valence-electron chi connectivity index (χ4n) is 2.88. The van der Waals surface area contributed by atoms with Gasteiger partial charge in [-0.25, -0.2) is 0 Å². The average Bonchev–Trinajstić information content (AvgIpc) is 2.67. The van der Waals surface area contributed by atoms with Gasteiger partial charge in [0.2, 0.25) is 5.91 Å². The van der Waals surface area contributed by atoms with Crippen LogP contribution in [-0.2, 0) is 9.53 Å². The highest BCUT2D eigenvalue weighted by molar-refractivity contribution is 6.30. The van der Waals surface area contributed by atoms with Gasteiger partial charge in [-0.3, -0.25) is 14.7 Å². The van der Waals surface area contributed by atoms with Gasteiger partial charge < -0.3 is 10.1 Å². The van der Waals surface area contributed by atoms with Gasteiger partial charge in [0.05, 0.1) is 19.3 Å². The summed E-state index contributed by atoms with van der Waals surface area (Å²) >= 11 is 5.99. The highest BCUT2D eigenvalue weighted by Gasteiger charge is 2.18. The Hall–Kier alpha value is -1.95. The molecule has 0 spiro atoms. The lowest BCUT2D eigenvalue weighted by molar-refractivity contribution is -0.122. The molecule has 5 nitrogen and oxygen atoms in total. The van der Waals surface area contributed by atoms with Gasteiger partial charge in [-0.2, -0.15) is 0 Å². The molecule has 1 saturated heterocycles. The number of halogens is 1. The normalized spacial score (nSPS) is 16.4. The minimum absolute atomic E-state index is 0.0234. The molecule has 0 saturated carbocycles. The Morgan fingerprint density at radius 1 is 1.20 bits per heavy atom. The molecule has 0 radical (unpaired) electrons. The summed E-state index contributed by atoms with van der Waals surface area (Å²) in [5.41, 5.74) is 1.93. The van der Waals surface area contributed by atoms with Crippen LogP contribution < -0.4 is 5.32 Å². The lowest BCUT2D eigenvalue weighted by Gasteiger charge is -2.26. The van der Waals surface area contributed by atoms with E-state index in [0.29, 0.717) is 11.4 Å². The number of aromatic nitrogens is 1. The van der Waals surface area contributed by atoms with E-state index in [1.165, 1.54) is 0 Å². The summed E-state index contributed by atoms with van der Waals surface area (Å²) in [5.74, 6) is 0.0234. The molecule has 2 heterocycles. The van der Waals surface area contributed by atoms with Crippen LogP contribution in [0.5, 0.6) is 0 Å². The summed E-state index contributed by atoms with van der Waals surface area (Å²) in [6.07, 6.45) is 3.97. The Bertz CT molecular complexity index is 673. The number of benzene rings is 1. The van der Waals surface area contributed by atoms with E-state index < -0.39 is 0 Å². The second-order valence-corrected chi connectivity index (χ2v) is 6.48. The topological polar surface area (TPSA) is 54.5 Å². The molecule has 0 bridgehead atoms. The molecule has 1 N–H and O–H groups in total. The van der Waals surface area contributed by atoms with Crippen molar-refractivity contribution >= 4 is 17.5 Å². The number of nitrogens with zero attached hydrogens (tertiary/aromatic N) is 2. The van der Waals surface area contributed by atoms with Gasteiger partial charge in [-0.15, -0.1) is 0 Å². The van der Waals surface area contributed by atoms with Crippen molar-refractivity contribution in [1.29, 1.82) is 0 Å². The van der Waals surface area contributed by atoms with E-state index in [1.54, 1.807) is 12.4 Å². The number of rotatable bonds is 6. The van der Waals surface area contributed by atoms with Crippen molar-refractivity contribution in [2.24, 2.45) is 0 Å². The molecule has 2 aromatic rings. The van der Waals surface area contributed by atoms with Crippen LogP contribution in [-0.4, -0.2) is 48.6 Å². The summed E-state index contributed by atoms with van der Waals surface area (Å²) in [7, 11) is 0. The van der Waals surface area contributed by atoms with Gasteiger partial charge in [0, 0.05) is 43.5 Å². The van der Waals surface area contributed by atoms with Crippen LogP contribution in [0.3, 0.4) is 0 Å². The summed E-state index contributed by atoms with van der Waals surface area (Å²) < 4.78 is 5.34. The fourth-order valence-corrected chi connectivity index (χ4v) is 3.00. The molecule has 1 amide bonds. The first-order chi connectivity index (χ1) is 12.2. The van der Waals surface area contributed by atoms with E-state index >= 15 is 0 Å². The molecule has 132 valence electrons. The quantitative estimate of drug-likeness (QED) is 0.861. The number of nitrogens with one attached hydrogen (secondary N) is 1. The maximum atomic E-state index is 12.5. The first-order valence-corrected chi connectivity index (χ1v) is 8.85. The van der Waals surface area contributed by atoms with Crippen LogP contribution in [0.25, 0.3) is 0 Å². The summed E-state index contributed by atoms with van der Waals surface area (Å²) in [6, 6.07) is 11.1. The third-order valence-electron chi connectivity index (χ3n) is 4.29. The van der Waals surface area contributed by atoms with Gasteiger partial charge in [0.1, 0.15) is 0 Å². The predicted molar refractivity (Wildman–Crippen MR) is 97.6 cm³/mol. The van der Waals surface area contributed by atoms with Crippen molar-refractivity contribution < 1.29 is 9.53 Å². The number of carbonyl (C=O) groups is 1. The highest BCUT2D eigenvalue weighted by Crippen LogP contribution is 2.23. The molecule has 25 heavy (non-hydrogen) atoms. The lowest BCUT2D eigenvalue weighted by atomic mass is 10.00. The first-order valence-electron chi connectivity index (χ1n) is 8.47. The molecule has 1 aromatic carbocycles. The van der Waals surface area contributed by atoms with Crippen molar-refractivity contribution in [3.05, 3.63) is 64.9 Å². The molecule has 1 unspecified atom stereocenters.